The number of nitrogens with one attached hydrogen (secondary N) is 1. The molecule has 7 nitrogen and oxygen atoms in total. The monoisotopic (exact) mass is 298 g/mol. The minimum Gasteiger partial charge on any atom is -0.383 e. The smallest absolute Gasteiger partial charge is 0.269 e. The predicted octanol–water partition coefficient (Wildman–Crippen LogP) is -0.406. The molecule has 2 amide bonds. The number of amides is 2. The van der Waals surface area contributed by atoms with Gasteiger partial charge in [-0.25, -0.2) is 12.7 Å². The number of hydrogen-bond donors (Lipinski definition) is 1. The fourth-order valence-electron chi connectivity index (χ4n) is 1.87. The van der Waals surface area contributed by atoms with E-state index in [0.717, 1.165) is 0 Å². The summed E-state index contributed by atoms with van der Waals surface area (Å²) < 4.78 is 29.7. The van der Waals surface area contributed by atoms with Crippen molar-refractivity contribution >= 4 is 21.8 Å². The SMILES string of the molecule is COCCNC(=O)CN1C(=O)c2ccccc2S1(=O)=O. The highest BCUT2D eigenvalue weighted by Crippen LogP contribution is 2.29. The van der Waals surface area contributed by atoms with Crippen LogP contribution in [0, 0.1) is 0 Å². The van der Waals surface area contributed by atoms with Gasteiger partial charge in [-0.3, -0.25) is 9.59 Å². The molecule has 0 atom stereocenters. The van der Waals surface area contributed by atoms with Gasteiger partial charge in [0.25, 0.3) is 15.9 Å². The van der Waals surface area contributed by atoms with Gasteiger partial charge in [0.05, 0.1) is 12.2 Å². The Morgan fingerprint density at radius 3 is 2.70 bits per heavy atom. The summed E-state index contributed by atoms with van der Waals surface area (Å²) in [5, 5.41) is 2.47. The van der Waals surface area contributed by atoms with Crippen molar-refractivity contribution in [1.82, 2.24) is 9.62 Å². The Hall–Kier alpha value is -1.93. The van der Waals surface area contributed by atoms with Gasteiger partial charge in [0.1, 0.15) is 11.4 Å². The zero-order valence-electron chi connectivity index (χ0n) is 10.8. The maximum absolute atomic E-state index is 12.2. The molecule has 0 saturated heterocycles. The third kappa shape index (κ3) is 2.52. The van der Waals surface area contributed by atoms with Crippen LogP contribution >= 0.6 is 0 Å². The quantitative estimate of drug-likeness (QED) is 0.746. The molecule has 0 radical (unpaired) electrons. The maximum Gasteiger partial charge on any atom is 0.269 e. The number of nitrogens with zero attached hydrogens (tertiary/aromatic N) is 1. The molecule has 0 fully saturated rings. The molecule has 0 spiro atoms. The summed E-state index contributed by atoms with van der Waals surface area (Å²) in [5.74, 6) is -1.23. The van der Waals surface area contributed by atoms with E-state index in [4.69, 9.17) is 4.74 Å². The highest BCUT2D eigenvalue weighted by atomic mass is 32.2. The van der Waals surface area contributed by atoms with Gasteiger partial charge in [-0.1, -0.05) is 12.1 Å². The Morgan fingerprint density at radius 2 is 2.05 bits per heavy atom. The summed E-state index contributed by atoms with van der Waals surface area (Å²) >= 11 is 0. The Balaban J connectivity index is 2.15. The van der Waals surface area contributed by atoms with Gasteiger partial charge in [-0.15, -0.1) is 0 Å². The number of carbonyl (C=O) groups excluding carboxylic acids is 2. The zero-order chi connectivity index (χ0) is 14.8. The van der Waals surface area contributed by atoms with Crippen LogP contribution in [-0.2, 0) is 19.6 Å². The molecule has 1 aliphatic rings. The molecule has 0 bridgehead atoms. The van der Waals surface area contributed by atoms with Crippen LogP contribution in [0.1, 0.15) is 10.4 Å². The van der Waals surface area contributed by atoms with Crippen molar-refractivity contribution in [1.29, 1.82) is 0 Å². The highest BCUT2D eigenvalue weighted by Gasteiger charge is 2.41. The summed E-state index contributed by atoms with van der Waals surface area (Å²) in [6.07, 6.45) is 0. The van der Waals surface area contributed by atoms with E-state index in [-0.39, 0.29) is 17.0 Å². The Labute approximate surface area is 116 Å². The lowest BCUT2D eigenvalue weighted by Gasteiger charge is -2.14. The number of hydrogen-bond acceptors (Lipinski definition) is 5. The molecule has 1 N–H and O–H groups in total. The lowest BCUT2D eigenvalue weighted by atomic mass is 10.2. The number of benzene rings is 1. The zero-order valence-corrected chi connectivity index (χ0v) is 11.6. The van der Waals surface area contributed by atoms with Crippen molar-refractivity contribution < 1.29 is 22.7 Å². The summed E-state index contributed by atoms with van der Waals surface area (Å²) in [4.78, 5) is 23.6. The molecule has 0 unspecified atom stereocenters. The van der Waals surface area contributed by atoms with Gasteiger partial charge >= 0.3 is 0 Å². The van der Waals surface area contributed by atoms with Gasteiger partial charge in [0, 0.05) is 13.7 Å². The van der Waals surface area contributed by atoms with Gasteiger partial charge in [0.2, 0.25) is 5.91 Å². The number of fused-ring (bicyclic) bond motifs is 1. The molecule has 0 saturated carbocycles. The van der Waals surface area contributed by atoms with E-state index in [1.807, 2.05) is 0 Å². The third-order valence-corrected chi connectivity index (χ3v) is 4.61. The maximum atomic E-state index is 12.2. The average molecular weight is 298 g/mol. The number of sulfonamides is 1. The number of ether oxygens (including phenoxy) is 1. The molecule has 1 aliphatic heterocycles. The van der Waals surface area contributed by atoms with E-state index in [2.05, 4.69) is 5.32 Å². The van der Waals surface area contributed by atoms with E-state index in [0.29, 0.717) is 10.9 Å². The van der Waals surface area contributed by atoms with Crippen LogP contribution in [0.4, 0.5) is 0 Å². The van der Waals surface area contributed by atoms with Crippen LogP contribution < -0.4 is 5.32 Å². The van der Waals surface area contributed by atoms with Crippen molar-refractivity contribution in [2.45, 2.75) is 4.90 Å². The van der Waals surface area contributed by atoms with Crippen LogP contribution in [-0.4, -0.2) is 51.3 Å². The van der Waals surface area contributed by atoms with Gasteiger partial charge in [-0.05, 0) is 12.1 Å². The van der Waals surface area contributed by atoms with Crippen molar-refractivity contribution in [3.8, 4) is 0 Å². The second-order valence-corrected chi connectivity index (χ2v) is 5.99. The minimum atomic E-state index is -3.93. The third-order valence-electron chi connectivity index (χ3n) is 2.83. The van der Waals surface area contributed by atoms with Crippen LogP contribution in [0.3, 0.4) is 0 Å². The second kappa shape index (κ2) is 5.59. The minimum absolute atomic E-state index is 0.0605. The first-order valence-electron chi connectivity index (χ1n) is 5.90. The van der Waals surface area contributed by atoms with E-state index in [1.165, 1.54) is 25.3 Å². The molecule has 0 aromatic heterocycles. The lowest BCUT2D eigenvalue weighted by Crippen LogP contribution is -2.41. The first-order valence-corrected chi connectivity index (χ1v) is 7.34. The molecular formula is C12H14N2O5S. The van der Waals surface area contributed by atoms with Crippen LogP contribution in [0.2, 0.25) is 0 Å². The van der Waals surface area contributed by atoms with Crippen LogP contribution in [0.25, 0.3) is 0 Å². The molecule has 2 rings (SSSR count). The molecule has 0 aliphatic carbocycles. The topological polar surface area (TPSA) is 92.8 Å². The van der Waals surface area contributed by atoms with E-state index < -0.39 is 28.4 Å². The van der Waals surface area contributed by atoms with Crippen molar-refractivity contribution in [2.24, 2.45) is 0 Å². The van der Waals surface area contributed by atoms with Crippen LogP contribution in [0.5, 0.6) is 0 Å². The van der Waals surface area contributed by atoms with Crippen molar-refractivity contribution in [3.05, 3.63) is 29.8 Å². The van der Waals surface area contributed by atoms with Gasteiger partial charge in [0.15, 0.2) is 0 Å². The normalized spacial score (nSPS) is 16.1. The first-order chi connectivity index (χ1) is 9.48. The fourth-order valence-corrected chi connectivity index (χ4v) is 3.39. The van der Waals surface area contributed by atoms with E-state index >= 15 is 0 Å². The van der Waals surface area contributed by atoms with Gasteiger partial charge < -0.3 is 10.1 Å². The summed E-state index contributed by atoms with van der Waals surface area (Å²) in [6, 6.07) is 5.89. The standard InChI is InChI=1S/C12H14N2O5S/c1-19-7-6-13-11(15)8-14-12(16)9-4-2-3-5-10(9)20(14,17)18/h2-5H,6-8H2,1H3,(H,13,15). The van der Waals surface area contributed by atoms with Crippen molar-refractivity contribution in [2.75, 3.05) is 26.8 Å². The van der Waals surface area contributed by atoms with E-state index in [1.54, 1.807) is 6.07 Å². The first kappa shape index (κ1) is 14.5. The number of rotatable bonds is 5. The molecule has 1 aromatic rings. The molecular weight excluding hydrogens is 284 g/mol. The molecule has 1 aromatic carbocycles. The Bertz CT molecular complexity index is 641. The fraction of sp³-hybridized carbons (Fsp3) is 0.333. The largest absolute Gasteiger partial charge is 0.383 e. The second-order valence-electron chi connectivity index (χ2n) is 4.16. The number of methoxy groups -OCH3 is 1. The average Bonchev–Trinajstić information content (AvgIpc) is 2.61. The van der Waals surface area contributed by atoms with E-state index in [9.17, 15) is 18.0 Å². The van der Waals surface area contributed by atoms with Crippen LogP contribution in [0.15, 0.2) is 29.2 Å². The lowest BCUT2D eigenvalue weighted by molar-refractivity contribution is -0.121. The summed E-state index contributed by atoms with van der Waals surface area (Å²) in [7, 11) is -2.45. The van der Waals surface area contributed by atoms with Crippen molar-refractivity contribution in [3.63, 3.8) is 0 Å². The summed E-state index contributed by atoms with van der Waals surface area (Å²) in [6.45, 7) is 0.0383. The molecule has 1 heterocycles. The summed E-state index contributed by atoms with van der Waals surface area (Å²) in [5.41, 5.74) is 0.0946. The van der Waals surface area contributed by atoms with Gasteiger partial charge in [-0.2, -0.15) is 0 Å². The Kier molecular flexibility index (Phi) is 4.05. The molecule has 8 heteroatoms. The molecule has 20 heavy (non-hydrogen) atoms. The molecule has 108 valence electrons. The Morgan fingerprint density at radius 1 is 1.35 bits per heavy atom. The predicted molar refractivity (Wildman–Crippen MR) is 69.6 cm³/mol. The highest BCUT2D eigenvalue weighted by molar-refractivity contribution is 7.90. The number of carbonyl (C=O) groups is 2.